The van der Waals surface area contributed by atoms with Crippen LogP contribution in [-0.2, 0) is 9.53 Å². The van der Waals surface area contributed by atoms with E-state index < -0.39 is 17.4 Å². The van der Waals surface area contributed by atoms with E-state index in [0.717, 1.165) is 10.2 Å². The zero-order chi connectivity index (χ0) is 20.4. The van der Waals surface area contributed by atoms with E-state index in [1.165, 1.54) is 19.4 Å². The molecular weight excluding hydrogens is 376 g/mol. The summed E-state index contributed by atoms with van der Waals surface area (Å²) in [4.78, 5) is 37.1. The number of nitrogens with one attached hydrogen (secondary N) is 1. The molecule has 0 spiro atoms. The summed E-state index contributed by atoms with van der Waals surface area (Å²) >= 11 is 0. The number of amides is 1. The molecular formula is C21H16N2O6. The van der Waals surface area contributed by atoms with Gasteiger partial charge >= 0.3 is 5.97 Å². The summed E-state index contributed by atoms with van der Waals surface area (Å²) in [7, 11) is 1.25. The van der Waals surface area contributed by atoms with E-state index >= 15 is 0 Å². The summed E-state index contributed by atoms with van der Waals surface area (Å²) < 4.78 is 16.3. The Labute approximate surface area is 164 Å². The van der Waals surface area contributed by atoms with E-state index in [1.807, 2.05) is 0 Å². The van der Waals surface area contributed by atoms with Crippen LogP contribution in [0, 0.1) is 0 Å². The van der Waals surface area contributed by atoms with Crippen LogP contribution in [-0.4, -0.2) is 30.5 Å². The first-order valence-electron chi connectivity index (χ1n) is 8.68. The number of esters is 1. The van der Waals surface area contributed by atoms with Crippen molar-refractivity contribution in [3.63, 3.8) is 0 Å². The smallest absolute Gasteiger partial charge is 0.340 e. The third kappa shape index (κ3) is 3.55. The summed E-state index contributed by atoms with van der Waals surface area (Å²) in [6, 6.07) is 11.9. The first-order valence-corrected chi connectivity index (χ1v) is 8.68. The number of nitrogens with zero attached hydrogens (tertiary/aromatic N) is 1. The fourth-order valence-electron chi connectivity index (χ4n) is 2.99. The molecule has 2 aromatic carbocycles. The molecule has 0 saturated carbocycles. The molecule has 0 bridgehead atoms. The van der Waals surface area contributed by atoms with E-state index in [2.05, 4.69) is 5.43 Å². The molecule has 8 nitrogen and oxygen atoms in total. The van der Waals surface area contributed by atoms with Crippen molar-refractivity contribution < 1.29 is 23.8 Å². The SMILES string of the molecule is COC(=O)c1cn(NC(=O)C=Cc2ccc3c(c2)OCO3)c(=O)c2ccccc12. The average molecular weight is 392 g/mol. The quantitative estimate of drug-likeness (QED) is 0.541. The molecule has 2 heterocycles. The molecule has 29 heavy (non-hydrogen) atoms. The monoisotopic (exact) mass is 392 g/mol. The van der Waals surface area contributed by atoms with Crippen LogP contribution >= 0.6 is 0 Å². The molecule has 0 radical (unpaired) electrons. The van der Waals surface area contributed by atoms with E-state index in [9.17, 15) is 14.4 Å². The number of fused-ring (bicyclic) bond motifs is 2. The van der Waals surface area contributed by atoms with Gasteiger partial charge in [0.25, 0.3) is 11.5 Å². The average Bonchev–Trinajstić information content (AvgIpc) is 3.21. The van der Waals surface area contributed by atoms with Gasteiger partial charge in [-0.05, 0) is 29.8 Å². The van der Waals surface area contributed by atoms with Crippen molar-refractivity contribution in [2.75, 3.05) is 19.3 Å². The van der Waals surface area contributed by atoms with Crippen LogP contribution in [0.1, 0.15) is 15.9 Å². The Bertz CT molecular complexity index is 1210. The summed E-state index contributed by atoms with van der Waals surface area (Å²) in [5, 5.41) is 0.737. The normalized spacial score (nSPS) is 12.3. The predicted molar refractivity (Wildman–Crippen MR) is 106 cm³/mol. The molecule has 0 unspecified atom stereocenters. The molecule has 1 aliphatic rings. The van der Waals surface area contributed by atoms with E-state index in [4.69, 9.17) is 14.2 Å². The van der Waals surface area contributed by atoms with E-state index in [0.29, 0.717) is 16.9 Å². The second-order valence-electron chi connectivity index (χ2n) is 6.18. The van der Waals surface area contributed by atoms with Gasteiger partial charge < -0.3 is 14.2 Å². The summed E-state index contributed by atoms with van der Waals surface area (Å²) in [6.07, 6.45) is 4.10. The lowest BCUT2D eigenvalue weighted by Crippen LogP contribution is -2.33. The van der Waals surface area contributed by atoms with Crippen LogP contribution in [0.2, 0.25) is 0 Å². The lowest BCUT2D eigenvalue weighted by Gasteiger charge is -2.11. The standard InChI is InChI=1S/C21H16N2O6/c1-27-21(26)16-11-23(20(25)15-5-3-2-4-14(15)16)22-19(24)9-7-13-6-8-17-18(10-13)29-12-28-17/h2-11H,12H2,1H3,(H,22,24). The van der Waals surface area contributed by atoms with Gasteiger partial charge in [-0.1, -0.05) is 24.3 Å². The van der Waals surface area contributed by atoms with Gasteiger partial charge in [0.1, 0.15) is 0 Å². The number of benzene rings is 2. The number of rotatable bonds is 4. The number of methoxy groups -OCH3 is 1. The number of pyridine rings is 1. The van der Waals surface area contributed by atoms with Crippen LogP contribution in [0.15, 0.2) is 59.5 Å². The fraction of sp³-hybridized carbons (Fsp3) is 0.0952. The molecule has 0 saturated heterocycles. The highest BCUT2D eigenvalue weighted by Crippen LogP contribution is 2.32. The zero-order valence-electron chi connectivity index (χ0n) is 15.4. The van der Waals surface area contributed by atoms with Crippen molar-refractivity contribution in [3.05, 3.63) is 76.2 Å². The lowest BCUT2D eigenvalue weighted by atomic mass is 10.1. The zero-order valence-corrected chi connectivity index (χ0v) is 15.4. The van der Waals surface area contributed by atoms with Crippen LogP contribution in [0.5, 0.6) is 11.5 Å². The van der Waals surface area contributed by atoms with Gasteiger partial charge in [0.15, 0.2) is 11.5 Å². The van der Waals surface area contributed by atoms with Crippen LogP contribution in [0.25, 0.3) is 16.8 Å². The molecule has 1 aromatic heterocycles. The maximum Gasteiger partial charge on any atom is 0.340 e. The molecule has 146 valence electrons. The van der Waals surface area contributed by atoms with Gasteiger partial charge in [-0.15, -0.1) is 0 Å². The molecule has 1 N–H and O–H groups in total. The van der Waals surface area contributed by atoms with Gasteiger partial charge in [-0.3, -0.25) is 15.0 Å². The minimum atomic E-state index is -0.611. The lowest BCUT2D eigenvalue weighted by molar-refractivity contribution is -0.112. The molecule has 8 heteroatoms. The Morgan fingerprint density at radius 2 is 1.86 bits per heavy atom. The highest BCUT2D eigenvalue weighted by molar-refractivity contribution is 6.04. The minimum absolute atomic E-state index is 0.163. The van der Waals surface area contributed by atoms with Crippen LogP contribution in [0.3, 0.4) is 0 Å². The third-order valence-electron chi connectivity index (χ3n) is 4.38. The molecule has 1 amide bonds. The summed E-state index contributed by atoms with van der Waals surface area (Å²) in [5.74, 6) is 0.0849. The van der Waals surface area contributed by atoms with Crippen molar-refractivity contribution in [1.82, 2.24) is 4.68 Å². The Morgan fingerprint density at radius 1 is 1.10 bits per heavy atom. The van der Waals surface area contributed by atoms with Crippen molar-refractivity contribution in [2.24, 2.45) is 0 Å². The van der Waals surface area contributed by atoms with Gasteiger partial charge in [0.2, 0.25) is 6.79 Å². The molecule has 1 aliphatic heterocycles. The second-order valence-corrected chi connectivity index (χ2v) is 6.18. The van der Waals surface area contributed by atoms with Gasteiger partial charge in [-0.2, -0.15) is 0 Å². The number of carbonyl (C=O) groups is 2. The Morgan fingerprint density at radius 3 is 2.66 bits per heavy atom. The van der Waals surface area contributed by atoms with Crippen molar-refractivity contribution in [3.8, 4) is 11.5 Å². The van der Waals surface area contributed by atoms with Crippen molar-refractivity contribution >= 4 is 28.7 Å². The highest BCUT2D eigenvalue weighted by Gasteiger charge is 2.16. The van der Waals surface area contributed by atoms with Crippen molar-refractivity contribution in [2.45, 2.75) is 0 Å². The molecule has 3 aromatic rings. The Hall–Kier alpha value is -4.07. The van der Waals surface area contributed by atoms with Gasteiger partial charge in [0, 0.05) is 23.0 Å². The van der Waals surface area contributed by atoms with Gasteiger partial charge in [-0.25, -0.2) is 9.47 Å². The van der Waals surface area contributed by atoms with Crippen LogP contribution < -0.4 is 20.5 Å². The summed E-state index contributed by atoms with van der Waals surface area (Å²) in [6.45, 7) is 0.163. The third-order valence-corrected chi connectivity index (χ3v) is 4.38. The Balaban J connectivity index is 1.62. The maximum atomic E-state index is 12.7. The van der Waals surface area contributed by atoms with Crippen molar-refractivity contribution in [1.29, 1.82) is 0 Å². The first-order chi connectivity index (χ1) is 14.1. The minimum Gasteiger partial charge on any atom is -0.465 e. The fourth-order valence-corrected chi connectivity index (χ4v) is 2.99. The second kappa shape index (κ2) is 7.51. The predicted octanol–water partition coefficient (Wildman–Crippen LogP) is 2.30. The summed E-state index contributed by atoms with van der Waals surface area (Å²) in [5.41, 5.74) is 2.90. The Kier molecular flexibility index (Phi) is 4.74. The van der Waals surface area contributed by atoms with Gasteiger partial charge in [0.05, 0.1) is 12.7 Å². The van der Waals surface area contributed by atoms with Crippen LogP contribution in [0.4, 0.5) is 0 Å². The maximum absolute atomic E-state index is 12.7. The number of hydrogen-bond donors (Lipinski definition) is 1. The first kappa shape index (κ1) is 18.3. The number of hydrogen-bond acceptors (Lipinski definition) is 6. The molecule has 0 fully saturated rings. The largest absolute Gasteiger partial charge is 0.465 e. The van der Waals surface area contributed by atoms with E-state index in [-0.39, 0.29) is 17.7 Å². The number of ether oxygens (including phenoxy) is 3. The topological polar surface area (TPSA) is 95.9 Å². The van der Waals surface area contributed by atoms with E-state index in [1.54, 1.807) is 48.5 Å². The number of aromatic nitrogens is 1. The molecule has 4 rings (SSSR count). The highest BCUT2D eigenvalue weighted by atomic mass is 16.7. The molecule has 0 atom stereocenters. The number of carbonyl (C=O) groups excluding carboxylic acids is 2. The molecule has 0 aliphatic carbocycles.